The molecule has 0 fully saturated rings. The van der Waals surface area contributed by atoms with Crippen LogP contribution in [0.2, 0.25) is 0 Å². The van der Waals surface area contributed by atoms with Crippen LogP contribution in [0.5, 0.6) is 5.75 Å². The van der Waals surface area contributed by atoms with Crippen molar-refractivity contribution in [3.05, 3.63) is 72.1 Å². The number of nitrogens with zero attached hydrogens (tertiary/aromatic N) is 2. The molecular weight excluding hydrogens is 439 g/mol. The molecule has 2 aromatic carbocycles. The smallest absolute Gasteiger partial charge is 0.191 e. The lowest BCUT2D eigenvalue weighted by molar-refractivity contribution is 0.415. The molecule has 0 aliphatic carbocycles. The quantitative estimate of drug-likeness (QED) is 0.345. The van der Waals surface area contributed by atoms with Gasteiger partial charge in [-0.1, -0.05) is 24.3 Å². The molecule has 0 radical (unpaired) electrons. The van der Waals surface area contributed by atoms with Gasteiger partial charge in [0.1, 0.15) is 5.75 Å². The average Bonchev–Trinajstić information content (AvgIpc) is 2.68. The zero-order valence-electron chi connectivity index (χ0n) is 14.9. The molecule has 5 nitrogen and oxygen atoms in total. The van der Waals surface area contributed by atoms with Crippen molar-refractivity contribution in [2.75, 3.05) is 14.2 Å². The molecule has 1 heterocycles. The van der Waals surface area contributed by atoms with Crippen molar-refractivity contribution in [1.29, 1.82) is 0 Å². The Morgan fingerprint density at radius 2 is 1.77 bits per heavy atom. The van der Waals surface area contributed by atoms with Crippen LogP contribution in [0, 0.1) is 0 Å². The van der Waals surface area contributed by atoms with E-state index >= 15 is 0 Å². The summed E-state index contributed by atoms with van der Waals surface area (Å²) in [6.45, 7) is 1.34. The Labute approximate surface area is 170 Å². The van der Waals surface area contributed by atoms with Gasteiger partial charge in [0.2, 0.25) is 0 Å². The Hall–Kier alpha value is -2.35. The van der Waals surface area contributed by atoms with E-state index in [0.717, 1.165) is 17.4 Å². The number of nitrogens with one attached hydrogen (secondary N) is 2. The van der Waals surface area contributed by atoms with Gasteiger partial charge in [-0.15, -0.1) is 24.0 Å². The van der Waals surface area contributed by atoms with Crippen molar-refractivity contribution in [1.82, 2.24) is 15.6 Å². The van der Waals surface area contributed by atoms with Crippen LogP contribution in [-0.2, 0) is 13.1 Å². The maximum Gasteiger partial charge on any atom is 0.191 e. The summed E-state index contributed by atoms with van der Waals surface area (Å²) in [6.07, 6.45) is 1.79. The second-order valence-corrected chi connectivity index (χ2v) is 5.65. The molecule has 26 heavy (non-hydrogen) atoms. The molecule has 136 valence electrons. The molecule has 3 aromatic rings. The number of hydrogen-bond donors (Lipinski definition) is 2. The van der Waals surface area contributed by atoms with Crippen LogP contribution in [0.1, 0.15) is 11.3 Å². The van der Waals surface area contributed by atoms with Gasteiger partial charge >= 0.3 is 0 Å². The fourth-order valence-corrected chi connectivity index (χ4v) is 2.59. The van der Waals surface area contributed by atoms with E-state index in [2.05, 4.69) is 44.9 Å². The second kappa shape index (κ2) is 9.96. The van der Waals surface area contributed by atoms with Crippen molar-refractivity contribution < 1.29 is 4.74 Å². The molecule has 0 spiro atoms. The van der Waals surface area contributed by atoms with E-state index in [1.165, 1.54) is 16.3 Å². The summed E-state index contributed by atoms with van der Waals surface area (Å²) in [4.78, 5) is 8.55. The Bertz CT molecular complexity index is 868. The minimum Gasteiger partial charge on any atom is -0.497 e. The van der Waals surface area contributed by atoms with E-state index in [9.17, 15) is 0 Å². The van der Waals surface area contributed by atoms with Crippen molar-refractivity contribution in [2.24, 2.45) is 4.99 Å². The highest BCUT2D eigenvalue weighted by molar-refractivity contribution is 14.0. The van der Waals surface area contributed by atoms with E-state index in [1.54, 1.807) is 20.4 Å². The molecule has 0 amide bonds. The van der Waals surface area contributed by atoms with Crippen molar-refractivity contribution >= 4 is 40.7 Å². The Balaban J connectivity index is 0.00000243. The van der Waals surface area contributed by atoms with Gasteiger partial charge in [-0.05, 0) is 46.7 Å². The maximum atomic E-state index is 5.27. The predicted octanol–water partition coefficient (Wildman–Crippen LogP) is 3.73. The number of aliphatic imine (C=N–C) groups is 1. The van der Waals surface area contributed by atoms with Crippen LogP contribution < -0.4 is 15.4 Å². The van der Waals surface area contributed by atoms with Crippen LogP contribution in [0.15, 0.2) is 65.8 Å². The highest BCUT2D eigenvalue weighted by atomic mass is 127. The molecule has 6 heteroatoms. The SMILES string of the molecule is CN=C(NCc1ccc2cc(OC)ccc2c1)NCc1ccccn1.I. The predicted molar refractivity (Wildman–Crippen MR) is 117 cm³/mol. The monoisotopic (exact) mass is 462 g/mol. The first kappa shape index (κ1) is 20.0. The fraction of sp³-hybridized carbons (Fsp3) is 0.200. The topological polar surface area (TPSA) is 58.5 Å². The number of ether oxygens (including phenoxy) is 1. The Kier molecular flexibility index (Phi) is 7.65. The minimum atomic E-state index is 0. The summed E-state index contributed by atoms with van der Waals surface area (Å²) < 4.78 is 5.27. The first-order valence-electron chi connectivity index (χ1n) is 8.19. The number of rotatable bonds is 5. The third kappa shape index (κ3) is 5.32. The lowest BCUT2D eigenvalue weighted by atomic mass is 10.1. The average molecular weight is 462 g/mol. The first-order chi connectivity index (χ1) is 12.3. The molecule has 3 rings (SSSR count). The normalized spacial score (nSPS) is 10.9. The number of fused-ring (bicyclic) bond motifs is 1. The molecular formula is C20H23IN4O. The highest BCUT2D eigenvalue weighted by Gasteiger charge is 2.02. The van der Waals surface area contributed by atoms with Crippen LogP contribution in [-0.4, -0.2) is 25.1 Å². The molecule has 0 aliphatic rings. The van der Waals surface area contributed by atoms with Crippen molar-refractivity contribution in [3.8, 4) is 5.75 Å². The number of methoxy groups -OCH3 is 1. The minimum absolute atomic E-state index is 0. The van der Waals surface area contributed by atoms with Crippen LogP contribution in [0.4, 0.5) is 0 Å². The number of pyridine rings is 1. The highest BCUT2D eigenvalue weighted by Crippen LogP contribution is 2.21. The van der Waals surface area contributed by atoms with Gasteiger partial charge in [0.05, 0.1) is 19.3 Å². The zero-order chi connectivity index (χ0) is 17.5. The van der Waals surface area contributed by atoms with Gasteiger partial charge in [0.25, 0.3) is 0 Å². The maximum absolute atomic E-state index is 5.27. The largest absolute Gasteiger partial charge is 0.497 e. The number of benzene rings is 2. The molecule has 0 saturated carbocycles. The fourth-order valence-electron chi connectivity index (χ4n) is 2.59. The molecule has 0 bridgehead atoms. The number of halogens is 1. The van der Waals surface area contributed by atoms with E-state index in [4.69, 9.17) is 4.74 Å². The van der Waals surface area contributed by atoms with E-state index in [-0.39, 0.29) is 24.0 Å². The summed E-state index contributed by atoms with van der Waals surface area (Å²) in [6, 6.07) is 18.4. The summed E-state index contributed by atoms with van der Waals surface area (Å²) >= 11 is 0. The lowest BCUT2D eigenvalue weighted by Gasteiger charge is -2.12. The lowest BCUT2D eigenvalue weighted by Crippen LogP contribution is -2.36. The van der Waals surface area contributed by atoms with E-state index in [1.807, 2.05) is 30.3 Å². The number of aromatic nitrogens is 1. The van der Waals surface area contributed by atoms with E-state index < -0.39 is 0 Å². The standard InChI is InChI=1S/C20H22N4O.HI/c1-21-20(24-14-18-5-3-4-10-22-18)23-13-15-6-7-17-12-19(25-2)9-8-16(17)11-15;/h3-12H,13-14H2,1-2H3,(H2,21,23,24);1H. The molecule has 1 aromatic heterocycles. The van der Waals surface area contributed by atoms with Gasteiger partial charge in [-0.3, -0.25) is 9.98 Å². The third-order valence-corrected chi connectivity index (χ3v) is 3.96. The van der Waals surface area contributed by atoms with E-state index in [0.29, 0.717) is 13.1 Å². The molecule has 0 atom stereocenters. The zero-order valence-corrected chi connectivity index (χ0v) is 17.2. The molecule has 2 N–H and O–H groups in total. The van der Waals surface area contributed by atoms with Crippen LogP contribution in [0.3, 0.4) is 0 Å². The number of guanidine groups is 1. The Morgan fingerprint density at radius 1 is 1.00 bits per heavy atom. The van der Waals surface area contributed by atoms with Gasteiger partial charge in [0.15, 0.2) is 5.96 Å². The van der Waals surface area contributed by atoms with Gasteiger partial charge < -0.3 is 15.4 Å². The molecule has 0 saturated heterocycles. The summed E-state index contributed by atoms with van der Waals surface area (Å²) in [5.74, 6) is 1.62. The van der Waals surface area contributed by atoms with Gasteiger partial charge in [-0.25, -0.2) is 0 Å². The summed E-state index contributed by atoms with van der Waals surface area (Å²) in [7, 11) is 3.45. The van der Waals surface area contributed by atoms with Gasteiger partial charge in [0, 0.05) is 19.8 Å². The molecule has 0 aliphatic heterocycles. The van der Waals surface area contributed by atoms with Crippen molar-refractivity contribution in [3.63, 3.8) is 0 Å². The van der Waals surface area contributed by atoms with Crippen LogP contribution in [0.25, 0.3) is 10.8 Å². The van der Waals surface area contributed by atoms with Crippen molar-refractivity contribution in [2.45, 2.75) is 13.1 Å². The van der Waals surface area contributed by atoms with Crippen LogP contribution >= 0.6 is 24.0 Å². The number of hydrogen-bond acceptors (Lipinski definition) is 3. The Morgan fingerprint density at radius 3 is 2.50 bits per heavy atom. The first-order valence-corrected chi connectivity index (χ1v) is 8.19. The molecule has 0 unspecified atom stereocenters. The second-order valence-electron chi connectivity index (χ2n) is 5.65. The summed E-state index contributed by atoms with van der Waals surface area (Å²) in [5, 5.41) is 8.96. The third-order valence-electron chi connectivity index (χ3n) is 3.96. The summed E-state index contributed by atoms with van der Waals surface area (Å²) in [5.41, 5.74) is 2.17. The van der Waals surface area contributed by atoms with Gasteiger partial charge in [-0.2, -0.15) is 0 Å².